The number of nitrogens with one attached hydrogen (secondary N) is 1. The first-order chi connectivity index (χ1) is 16.3. The zero-order chi connectivity index (χ0) is 22.5. The van der Waals surface area contributed by atoms with Crippen LogP contribution in [0.5, 0.6) is 5.75 Å². The van der Waals surface area contributed by atoms with Crippen LogP contribution < -0.4 is 10.1 Å². The molecule has 166 valence electrons. The molecule has 0 saturated carbocycles. The summed E-state index contributed by atoms with van der Waals surface area (Å²) in [5, 5.41) is 17.4. The monoisotopic (exact) mass is 457 g/mol. The van der Waals surface area contributed by atoms with E-state index in [-0.39, 0.29) is 0 Å². The molecule has 2 aromatic carbocycles. The summed E-state index contributed by atoms with van der Waals surface area (Å²) in [6.07, 6.45) is 2.78. The van der Waals surface area contributed by atoms with Crippen LogP contribution in [0.3, 0.4) is 0 Å². The van der Waals surface area contributed by atoms with Crippen LogP contribution in [-0.4, -0.2) is 34.8 Å². The molecule has 0 aliphatic heterocycles. The summed E-state index contributed by atoms with van der Waals surface area (Å²) in [5.74, 6) is 1.57. The lowest BCUT2D eigenvalue weighted by Crippen LogP contribution is -2.26. The van der Waals surface area contributed by atoms with Crippen LogP contribution in [-0.2, 0) is 0 Å². The van der Waals surface area contributed by atoms with E-state index in [0.717, 1.165) is 44.3 Å². The molecular weight excluding hydrogens is 434 g/mol. The van der Waals surface area contributed by atoms with E-state index in [0.29, 0.717) is 19.7 Å². The number of hydrogen-bond donors (Lipinski definition) is 2. The van der Waals surface area contributed by atoms with E-state index in [4.69, 9.17) is 14.1 Å². The summed E-state index contributed by atoms with van der Waals surface area (Å²) in [6.45, 7) is 1.59. The molecule has 5 rings (SSSR count). The van der Waals surface area contributed by atoms with Crippen LogP contribution in [0.4, 0.5) is 0 Å². The highest BCUT2D eigenvalue weighted by Crippen LogP contribution is 2.32. The van der Waals surface area contributed by atoms with Crippen molar-refractivity contribution in [1.29, 1.82) is 0 Å². The molecule has 33 heavy (non-hydrogen) atoms. The molecule has 1 atom stereocenters. The summed E-state index contributed by atoms with van der Waals surface area (Å²) in [6, 6.07) is 21.6. The molecule has 0 bridgehead atoms. The minimum Gasteiger partial charge on any atom is -0.492 e. The maximum absolute atomic E-state index is 10.1. The van der Waals surface area contributed by atoms with Gasteiger partial charge < -0.3 is 19.6 Å². The zero-order valence-corrected chi connectivity index (χ0v) is 18.7. The van der Waals surface area contributed by atoms with Crippen molar-refractivity contribution in [3.8, 4) is 27.8 Å². The van der Waals surface area contributed by atoms with E-state index in [1.54, 1.807) is 23.7 Å². The van der Waals surface area contributed by atoms with Gasteiger partial charge >= 0.3 is 0 Å². The molecule has 5 aromatic rings. The SMILES string of the molecule is O[C@@H](CNCCOc1ccc(-c2nc(-c3cc4ccccc4o3)cs2)cc1)c1cccnc1. The molecule has 6 nitrogen and oxygen atoms in total. The summed E-state index contributed by atoms with van der Waals surface area (Å²) in [5.41, 5.74) is 3.54. The summed E-state index contributed by atoms with van der Waals surface area (Å²) in [4.78, 5) is 8.77. The van der Waals surface area contributed by atoms with E-state index < -0.39 is 6.10 Å². The highest BCUT2D eigenvalue weighted by atomic mass is 32.1. The Balaban J connectivity index is 1.13. The fourth-order valence-electron chi connectivity index (χ4n) is 3.49. The second kappa shape index (κ2) is 9.95. The molecule has 0 spiro atoms. The van der Waals surface area contributed by atoms with Crippen molar-refractivity contribution < 1.29 is 14.3 Å². The van der Waals surface area contributed by atoms with E-state index in [1.807, 2.05) is 72.1 Å². The number of hydrogen-bond acceptors (Lipinski definition) is 7. The molecule has 0 unspecified atom stereocenters. The summed E-state index contributed by atoms with van der Waals surface area (Å²) in [7, 11) is 0. The Labute approximate surface area is 195 Å². The number of benzene rings is 2. The van der Waals surface area contributed by atoms with Crippen LogP contribution in [0.2, 0.25) is 0 Å². The quantitative estimate of drug-likeness (QED) is 0.292. The van der Waals surface area contributed by atoms with Crippen molar-refractivity contribution in [3.63, 3.8) is 0 Å². The standard InChI is InChI=1S/C26H23N3O3S/c30-23(20-5-3-11-27-15-20)16-28-12-13-31-21-9-7-18(8-10-21)26-29-22(17-33-26)25-14-19-4-1-2-6-24(19)32-25/h1-11,14-15,17,23,28,30H,12-13,16H2/t23-/m0/s1. The lowest BCUT2D eigenvalue weighted by Gasteiger charge is -2.12. The molecule has 0 radical (unpaired) electrons. The fourth-order valence-corrected chi connectivity index (χ4v) is 4.31. The third-order valence-electron chi connectivity index (χ3n) is 5.24. The third kappa shape index (κ3) is 5.12. The maximum Gasteiger partial charge on any atom is 0.154 e. The highest BCUT2D eigenvalue weighted by molar-refractivity contribution is 7.13. The van der Waals surface area contributed by atoms with Gasteiger partial charge in [0.25, 0.3) is 0 Å². The molecular formula is C26H23N3O3S. The van der Waals surface area contributed by atoms with Crippen LogP contribution in [0.1, 0.15) is 11.7 Å². The predicted molar refractivity (Wildman–Crippen MR) is 130 cm³/mol. The Morgan fingerprint density at radius 3 is 2.76 bits per heavy atom. The molecule has 7 heteroatoms. The molecule has 0 aliphatic carbocycles. The first-order valence-corrected chi connectivity index (χ1v) is 11.6. The number of aliphatic hydroxyl groups excluding tert-OH is 1. The minimum atomic E-state index is -0.583. The predicted octanol–water partition coefficient (Wildman–Crippen LogP) is 5.32. The first kappa shape index (κ1) is 21.3. The number of pyridine rings is 1. The van der Waals surface area contributed by atoms with E-state index >= 15 is 0 Å². The zero-order valence-electron chi connectivity index (χ0n) is 17.8. The van der Waals surface area contributed by atoms with Gasteiger partial charge in [-0.1, -0.05) is 24.3 Å². The fraction of sp³-hybridized carbons (Fsp3) is 0.154. The molecule has 0 saturated heterocycles. The van der Waals surface area contributed by atoms with Crippen molar-refractivity contribution in [2.75, 3.05) is 19.7 Å². The number of rotatable bonds is 9. The third-order valence-corrected chi connectivity index (χ3v) is 6.13. The highest BCUT2D eigenvalue weighted by Gasteiger charge is 2.11. The molecule has 2 N–H and O–H groups in total. The van der Waals surface area contributed by atoms with Gasteiger partial charge in [0.1, 0.15) is 28.6 Å². The van der Waals surface area contributed by atoms with Gasteiger partial charge in [-0.3, -0.25) is 4.98 Å². The lowest BCUT2D eigenvalue weighted by atomic mass is 10.1. The number of aromatic nitrogens is 2. The van der Waals surface area contributed by atoms with E-state index in [2.05, 4.69) is 10.3 Å². The molecule has 3 heterocycles. The van der Waals surface area contributed by atoms with Crippen LogP contribution in [0.15, 0.2) is 88.9 Å². The van der Waals surface area contributed by atoms with Gasteiger partial charge in [-0.15, -0.1) is 11.3 Å². The topological polar surface area (TPSA) is 80.4 Å². The Kier molecular flexibility index (Phi) is 6.44. The van der Waals surface area contributed by atoms with E-state index in [9.17, 15) is 5.11 Å². The maximum atomic E-state index is 10.1. The summed E-state index contributed by atoms with van der Waals surface area (Å²) < 4.78 is 11.7. The Morgan fingerprint density at radius 2 is 1.94 bits per heavy atom. The number of aliphatic hydroxyl groups is 1. The Hall–Kier alpha value is -3.52. The summed E-state index contributed by atoms with van der Waals surface area (Å²) >= 11 is 1.59. The van der Waals surface area contributed by atoms with Gasteiger partial charge in [0, 0.05) is 47.4 Å². The lowest BCUT2D eigenvalue weighted by molar-refractivity contribution is 0.171. The van der Waals surface area contributed by atoms with Crippen molar-refractivity contribution >= 4 is 22.3 Å². The van der Waals surface area contributed by atoms with Crippen molar-refractivity contribution in [2.24, 2.45) is 0 Å². The molecule has 3 aromatic heterocycles. The van der Waals surface area contributed by atoms with Crippen LogP contribution in [0, 0.1) is 0 Å². The van der Waals surface area contributed by atoms with Gasteiger partial charge in [0.2, 0.25) is 0 Å². The number of thiazole rings is 1. The smallest absolute Gasteiger partial charge is 0.154 e. The van der Waals surface area contributed by atoms with E-state index in [1.165, 1.54) is 0 Å². The van der Waals surface area contributed by atoms with Crippen LogP contribution >= 0.6 is 11.3 Å². The van der Waals surface area contributed by atoms with Crippen LogP contribution in [0.25, 0.3) is 33.0 Å². The molecule has 0 fully saturated rings. The average molecular weight is 458 g/mol. The Morgan fingerprint density at radius 1 is 1.06 bits per heavy atom. The second-order valence-corrected chi connectivity index (χ2v) is 8.42. The number of furan rings is 1. The second-order valence-electron chi connectivity index (χ2n) is 7.57. The average Bonchev–Trinajstić information content (AvgIpc) is 3.52. The number of nitrogens with zero attached hydrogens (tertiary/aromatic N) is 2. The number of fused-ring (bicyclic) bond motifs is 1. The molecule has 0 amide bonds. The van der Waals surface area contributed by atoms with Gasteiger partial charge in [-0.25, -0.2) is 4.98 Å². The Bertz CT molecular complexity index is 1280. The first-order valence-electron chi connectivity index (χ1n) is 10.7. The van der Waals surface area contributed by atoms with Gasteiger partial charge in [0.15, 0.2) is 5.76 Å². The number of para-hydroxylation sites is 1. The van der Waals surface area contributed by atoms with Gasteiger partial charge in [-0.2, -0.15) is 0 Å². The van der Waals surface area contributed by atoms with Crippen molar-refractivity contribution in [2.45, 2.75) is 6.10 Å². The number of ether oxygens (including phenoxy) is 1. The van der Waals surface area contributed by atoms with Gasteiger partial charge in [0.05, 0.1) is 6.10 Å². The normalized spacial score (nSPS) is 12.2. The molecule has 0 aliphatic rings. The minimum absolute atomic E-state index is 0.450. The van der Waals surface area contributed by atoms with Crippen molar-refractivity contribution in [3.05, 3.63) is 90.1 Å². The van der Waals surface area contributed by atoms with Gasteiger partial charge in [-0.05, 0) is 42.5 Å². The van der Waals surface area contributed by atoms with Crippen molar-refractivity contribution in [1.82, 2.24) is 15.3 Å². The largest absolute Gasteiger partial charge is 0.492 e.